The predicted molar refractivity (Wildman–Crippen MR) is 96.9 cm³/mol. The van der Waals surface area contributed by atoms with Gasteiger partial charge in [-0.3, -0.25) is 15.0 Å². The first-order valence-corrected chi connectivity index (χ1v) is 8.79. The van der Waals surface area contributed by atoms with Crippen molar-refractivity contribution in [1.82, 2.24) is 20.1 Å². The summed E-state index contributed by atoms with van der Waals surface area (Å²) in [6, 6.07) is 3.30. The molecule has 0 aliphatic carbocycles. The maximum Gasteiger partial charge on any atom is 0.354 e. The van der Waals surface area contributed by atoms with Crippen LogP contribution >= 0.6 is 0 Å². The lowest BCUT2D eigenvalue weighted by molar-refractivity contribution is -0.121. The summed E-state index contributed by atoms with van der Waals surface area (Å²) < 4.78 is 6.75. The van der Waals surface area contributed by atoms with E-state index in [1.54, 1.807) is 6.07 Å². The molecule has 1 saturated heterocycles. The summed E-state index contributed by atoms with van der Waals surface area (Å²) in [5.41, 5.74) is 0.152. The van der Waals surface area contributed by atoms with E-state index in [2.05, 4.69) is 10.6 Å². The zero-order valence-electron chi connectivity index (χ0n) is 15.9. The van der Waals surface area contributed by atoms with Crippen molar-refractivity contribution < 1.29 is 19.1 Å². The van der Waals surface area contributed by atoms with Crippen molar-refractivity contribution in [2.45, 2.75) is 45.2 Å². The Morgan fingerprint density at radius 2 is 1.88 bits per heavy atom. The highest BCUT2D eigenvalue weighted by Crippen LogP contribution is 2.24. The maximum absolute atomic E-state index is 12.0. The van der Waals surface area contributed by atoms with Gasteiger partial charge in [-0.25, -0.2) is 9.59 Å². The third-order valence-corrected chi connectivity index (χ3v) is 4.23. The molecule has 2 rings (SSSR count). The lowest BCUT2D eigenvalue weighted by Gasteiger charge is -2.32. The van der Waals surface area contributed by atoms with Gasteiger partial charge >= 0.3 is 12.0 Å². The fourth-order valence-corrected chi connectivity index (χ4v) is 3.09. The summed E-state index contributed by atoms with van der Waals surface area (Å²) in [7, 11) is 1.37. The number of methoxy groups -OCH3 is 1. The van der Waals surface area contributed by atoms with Crippen LogP contribution in [0.3, 0.4) is 0 Å². The molecule has 26 heavy (non-hydrogen) atoms. The van der Waals surface area contributed by atoms with E-state index >= 15 is 0 Å². The smallest absolute Gasteiger partial charge is 0.354 e. The molecule has 0 aromatic carbocycles. The molecule has 1 fully saturated rings. The van der Waals surface area contributed by atoms with E-state index in [1.807, 2.05) is 42.5 Å². The minimum atomic E-state index is -0.479. The molecule has 2 heterocycles. The van der Waals surface area contributed by atoms with Gasteiger partial charge in [0.25, 0.3) is 0 Å². The Kier molecular flexibility index (Phi) is 6.42. The van der Waals surface area contributed by atoms with Crippen molar-refractivity contribution in [2.75, 3.05) is 26.7 Å². The van der Waals surface area contributed by atoms with Crippen molar-refractivity contribution in [3.05, 3.63) is 24.0 Å². The number of carbonyl (C=O) groups excluding carboxylic acids is 3. The summed E-state index contributed by atoms with van der Waals surface area (Å²) in [6.07, 6.45) is 3.52. The Morgan fingerprint density at radius 3 is 2.46 bits per heavy atom. The second-order valence-corrected chi connectivity index (χ2v) is 7.55. The molecule has 2 N–H and O–H groups in total. The van der Waals surface area contributed by atoms with E-state index in [1.165, 1.54) is 7.11 Å². The first-order valence-electron chi connectivity index (χ1n) is 8.79. The second-order valence-electron chi connectivity index (χ2n) is 7.55. The zero-order chi connectivity index (χ0) is 19.3. The number of ether oxygens (including phenoxy) is 1. The Hall–Kier alpha value is -2.35. The fraction of sp³-hybridized carbons (Fsp3) is 0.611. The maximum atomic E-state index is 12.0. The summed E-state index contributed by atoms with van der Waals surface area (Å²) in [6.45, 7) is 7.18. The number of rotatable bonds is 4. The van der Waals surface area contributed by atoms with E-state index < -0.39 is 11.6 Å². The van der Waals surface area contributed by atoms with Crippen molar-refractivity contribution in [1.29, 1.82) is 0 Å². The molecule has 0 saturated carbocycles. The molecule has 0 radical (unpaired) electrons. The highest BCUT2D eigenvalue weighted by atomic mass is 16.5. The second kappa shape index (κ2) is 8.35. The highest BCUT2D eigenvalue weighted by molar-refractivity contribution is 5.95. The van der Waals surface area contributed by atoms with E-state index in [4.69, 9.17) is 4.74 Å². The van der Waals surface area contributed by atoms with Gasteiger partial charge in [0, 0.05) is 30.9 Å². The molecular formula is C18H28N4O4. The monoisotopic (exact) mass is 364 g/mol. The molecule has 1 aromatic heterocycles. The normalized spacial score (nSPS) is 16.2. The number of aromatic nitrogens is 1. The van der Waals surface area contributed by atoms with Crippen LogP contribution in [-0.2, 0) is 9.53 Å². The molecule has 1 aromatic rings. The molecule has 0 bridgehead atoms. The number of likely N-dealkylation sites (tertiary alicyclic amines) is 1. The van der Waals surface area contributed by atoms with E-state index in [0.29, 0.717) is 5.69 Å². The number of esters is 1. The van der Waals surface area contributed by atoms with E-state index in [0.717, 1.165) is 25.9 Å². The lowest BCUT2D eigenvalue weighted by atomic mass is 10.0. The fourth-order valence-electron chi connectivity index (χ4n) is 3.09. The van der Waals surface area contributed by atoms with Gasteiger partial charge in [-0.2, -0.15) is 0 Å². The van der Waals surface area contributed by atoms with Crippen molar-refractivity contribution >= 4 is 17.9 Å². The number of hydrogen-bond acceptors (Lipinski definition) is 5. The van der Waals surface area contributed by atoms with Gasteiger partial charge in [-0.15, -0.1) is 0 Å². The van der Waals surface area contributed by atoms with E-state index in [-0.39, 0.29) is 24.5 Å². The van der Waals surface area contributed by atoms with Crippen molar-refractivity contribution in [3.63, 3.8) is 0 Å². The number of carbonyl (C=O) groups is 3. The molecule has 0 unspecified atom stereocenters. The van der Waals surface area contributed by atoms with Gasteiger partial charge < -0.3 is 14.6 Å². The van der Waals surface area contributed by atoms with Gasteiger partial charge in [0.2, 0.25) is 5.91 Å². The molecule has 8 heteroatoms. The average molecular weight is 364 g/mol. The van der Waals surface area contributed by atoms with Crippen LogP contribution in [0.1, 0.15) is 50.1 Å². The van der Waals surface area contributed by atoms with Crippen LogP contribution in [0.25, 0.3) is 0 Å². The quantitative estimate of drug-likeness (QED) is 0.791. The molecule has 3 amide bonds. The van der Waals surface area contributed by atoms with Crippen LogP contribution in [-0.4, -0.2) is 59.7 Å². The number of nitrogens with zero attached hydrogens (tertiary/aromatic N) is 2. The van der Waals surface area contributed by atoms with Gasteiger partial charge in [-0.05, 0) is 45.7 Å². The predicted octanol–water partition coefficient (Wildman–Crippen LogP) is 1.54. The molecule has 0 spiro atoms. The first-order chi connectivity index (χ1) is 12.2. The van der Waals surface area contributed by atoms with Crippen LogP contribution in [0.5, 0.6) is 0 Å². The van der Waals surface area contributed by atoms with Crippen LogP contribution < -0.4 is 10.6 Å². The summed E-state index contributed by atoms with van der Waals surface area (Å²) in [4.78, 5) is 37.6. The number of amides is 3. The first kappa shape index (κ1) is 20.0. The Morgan fingerprint density at radius 1 is 1.23 bits per heavy atom. The molecule has 8 nitrogen and oxygen atoms in total. The van der Waals surface area contributed by atoms with Crippen molar-refractivity contribution in [2.24, 2.45) is 0 Å². The van der Waals surface area contributed by atoms with Gasteiger partial charge in [0.05, 0.1) is 13.7 Å². The Bertz CT molecular complexity index is 654. The SMILES string of the molecule is COC(=O)c1cccn1C1CCN(CC(=O)NC(=O)NC(C)(C)C)CC1. The molecule has 1 aliphatic heterocycles. The minimum Gasteiger partial charge on any atom is -0.464 e. The molecular weight excluding hydrogens is 336 g/mol. The highest BCUT2D eigenvalue weighted by Gasteiger charge is 2.25. The lowest BCUT2D eigenvalue weighted by Crippen LogP contribution is -2.51. The third-order valence-electron chi connectivity index (χ3n) is 4.23. The van der Waals surface area contributed by atoms with Gasteiger partial charge in [0.1, 0.15) is 5.69 Å². The minimum absolute atomic E-state index is 0.180. The van der Waals surface area contributed by atoms with E-state index in [9.17, 15) is 14.4 Å². The molecule has 1 aliphatic rings. The Labute approximate surface area is 153 Å². The van der Waals surface area contributed by atoms with Crippen LogP contribution in [0, 0.1) is 0 Å². The average Bonchev–Trinajstić information content (AvgIpc) is 3.02. The van der Waals surface area contributed by atoms with Crippen molar-refractivity contribution in [3.8, 4) is 0 Å². The summed E-state index contributed by atoms with van der Waals surface area (Å²) >= 11 is 0. The molecule has 144 valence electrons. The Balaban J connectivity index is 1.82. The van der Waals surface area contributed by atoms with Crippen LogP contribution in [0.15, 0.2) is 18.3 Å². The number of urea groups is 1. The summed E-state index contributed by atoms with van der Waals surface area (Å²) in [5.74, 6) is -0.664. The summed E-state index contributed by atoms with van der Waals surface area (Å²) in [5, 5.41) is 5.06. The standard InChI is InChI=1S/C18H28N4O4/c1-18(2,3)20-17(25)19-15(23)12-21-10-7-13(8-11-21)22-9-5-6-14(22)16(24)26-4/h5-6,9,13H,7-8,10-12H2,1-4H3,(H2,19,20,23,25). The van der Waals surface area contributed by atoms with Crippen LogP contribution in [0.4, 0.5) is 4.79 Å². The zero-order valence-corrected chi connectivity index (χ0v) is 15.9. The third kappa shape index (κ3) is 5.59. The van der Waals surface area contributed by atoms with Gasteiger partial charge in [0.15, 0.2) is 0 Å². The van der Waals surface area contributed by atoms with Crippen LogP contribution in [0.2, 0.25) is 0 Å². The molecule has 0 atom stereocenters. The number of nitrogens with one attached hydrogen (secondary N) is 2. The van der Waals surface area contributed by atoms with Gasteiger partial charge in [-0.1, -0.05) is 0 Å². The topological polar surface area (TPSA) is 92.7 Å². The number of imide groups is 1. The number of hydrogen-bond donors (Lipinski definition) is 2. The largest absolute Gasteiger partial charge is 0.464 e. The number of piperidine rings is 1.